The molecule has 0 aliphatic carbocycles. The van der Waals surface area contributed by atoms with Crippen molar-refractivity contribution in [2.24, 2.45) is 5.92 Å². The summed E-state index contributed by atoms with van der Waals surface area (Å²) in [6.07, 6.45) is 6.55. The maximum Gasteiger partial charge on any atom is 0.227 e. The first-order valence-electron chi connectivity index (χ1n) is 9.50. The van der Waals surface area contributed by atoms with E-state index in [4.69, 9.17) is 4.42 Å². The number of amides is 2. The molecule has 1 saturated heterocycles. The van der Waals surface area contributed by atoms with Gasteiger partial charge >= 0.3 is 0 Å². The van der Waals surface area contributed by atoms with Crippen molar-refractivity contribution >= 4 is 17.5 Å². The first kappa shape index (κ1) is 18.9. The van der Waals surface area contributed by atoms with Crippen molar-refractivity contribution < 1.29 is 14.0 Å². The predicted molar refractivity (Wildman–Crippen MR) is 108 cm³/mol. The first-order chi connectivity index (χ1) is 14.0. The molecule has 4 rings (SSSR count). The Bertz CT molecular complexity index is 1050. The summed E-state index contributed by atoms with van der Waals surface area (Å²) >= 11 is 0. The molecule has 1 fully saturated rings. The molecule has 0 radical (unpaired) electrons. The minimum absolute atomic E-state index is 0.0352. The molecule has 1 N–H and O–H groups in total. The molecule has 7 heteroatoms. The molecule has 0 spiro atoms. The van der Waals surface area contributed by atoms with Crippen LogP contribution >= 0.6 is 0 Å². The van der Waals surface area contributed by atoms with Crippen LogP contribution in [0.15, 0.2) is 53.6 Å². The molecule has 2 amide bonds. The Kier molecular flexibility index (Phi) is 5.12. The van der Waals surface area contributed by atoms with E-state index in [0.29, 0.717) is 17.9 Å². The van der Waals surface area contributed by atoms with E-state index in [2.05, 4.69) is 15.3 Å². The fourth-order valence-corrected chi connectivity index (χ4v) is 3.48. The van der Waals surface area contributed by atoms with E-state index in [-0.39, 0.29) is 24.8 Å². The molecular weight excluding hydrogens is 368 g/mol. The van der Waals surface area contributed by atoms with Gasteiger partial charge in [-0.15, -0.1) is 0 Å². The molecule has 1 aliphatic heterocycles. The summed E-state index contributed by atoms with van der Waals surface area (Å²) in [7, 11) is 0. The van der Waals surface area contributed by atoms with Crippen molar-refractivity contribution in [3.8, 4) is 11.3 Å². The molecule has 1 aliphatic rings. The quantitative estimate of drug-likeness (QED) is 0.723. The van der Waals surface area contributed by atoms with E-state index >= 15 is 0 Å². The third-order valence-corrected chi connectivity index (χ3v) is 5.30. The molecule has 1 atom stereocenters. The van der Waals surface area contributed by atoms with Crippen LogP contribution in [0.3, 0.4) is 0 Å². The van der Waals surface area contributed by atoms with Crippen LogP contribution in [-0.4, -0.2) is 28.3 Å². The molecule has 0 bridgehead atoms. The number of nitrogens with zero attached hydrogens (tertiary/aromatic N) is 3. The molecule has 3 aromatic rings. The van der Waals surface area contributed by atoms with E-state index in [1.54, 1.807) is 35.9 Å². The van der Waals surface area contributed by atoms with Crippen LogP contribution in [0.25, 0.3) is 11.3 Å². The Morgan fingerprint density at radius 1 is 1.21 bits per heavy atom. The van der Waals surface area contributed by atoms with Crippen LogP contribution in [0.2, 0.25) is 0 Å². The molecule has 3 heterocycles. The van der Waals surface area contributed by atoms with Crippen molar-refractivity contribution in [2.75, 3.05) is 11.4 Å². The number of benzene rings is 1. The zero-order valence-electron chi connectivity index (χ0n) is 16.4. The zero-order chi connectivity index (χ0) is 20.4. The van der Waals surface area contributed by atoms with E-state index in [0.717, 1.165) is 16.8 Å². The highest BCUT2D eigenvalue weighted by molar-refractivity contribution is 6.00. The van der Waals surface area contributed by atoms with Gasteiger partial charge in [-0.2, -0.15) is 0 Å². The van der Waals surface area contributed by atoms with Gasteiger partial charge in [-0.3, -0.25) is 19.6 Å². The third kappa shape index (κ3) is 3.89. The maximum absolute atomic E-state index is 12.7. The van der Waals surface area contributed by atoms with Crippen molar-refractivity contribution in [1.82, 2.24) is 15.3 Å². The number of hydrogen-bond acceptors (Lipinski definition) is 5. The molecule has 29 heavy (non-hydrogen) atoms. The van der Waals surface area contributed by atoms with E-state index in [1.807, 2.05) is 32.0 Å². The minimum Gasteiger partial charge on any atom is -0.472 e. The molecule has 7 nitrogen and oxygen atoms in total. The number of carbonyl (C=O) groups excluding carboxylic acids is 2. The van der Waals surface area contributed by atoms with Gasteiger partial charge in [0.1, 0.15) is 0 Å². The topological polar surface area (TPSA) is 88.3 Å². The Labute approximate surface area is 168 Å². The number of rotatable bonds is 5. The van der Waals surface area contributed by atoms with E-state index in [1.165, 1.54) is 5.56 Å². The van der Waals surface area contributed by atoms with Gasteiger partial charge in [-0.25, -0.2) is 0 Å². The van der Waals surface area contributed by atoms with Gasteiger partial charge < -0.3 is 14.6 Å². The number of aromatic nitrogens is 2. The lowest BCUT2D eigenvalue weighted by atomic mass is 10.1. The summed E-state index contributed by atoms with van der Waals surface area (Å²) in [6.45, 7) is 4.66. The molecule has 148 valence electrons. The highest BCUT2D eigenvalue weighted by Crippen LogP contribution is 2.27. The fourth-order valence-electron chi connectivity index (χ4n) is 3.48. The predicted octanol–water partition coefficient (Wildman–Crippen LogP) is 3.02. The number of aryl methyl sites for hydroxylation is 2. The second-order valence-corrected chi connectivity index (χ2v) is 7.26. The summed E-state index contributed by atoms with van der Waals surface area (Å²) in [5.41, 5.74) is 5.26. The lowest BCUT2D eigenvalue weighted by molar-refractivity contribution is -0.126. The smallest absolute Gasteiger partial charge is 0.227 e. The van der Waals surface area contributed by atoms with Gasteiger partial charge in [0, 0.05) is 36.6 Å². The van der Waals surface area contributed by atoms with Crippen LogP contribution in [0, 0.1) is 19.8 Å². The Hall–Kier alpha value is -3.48. The normalized spacial score (nSPS) is 16.3. The number of hydrogen-bond donors (Lipinski definition) is 1. The van der Waals surface area contributed by atoms with Gasteiger partial charge in [-0.1, -0.05) is 6.07 Å². The zero-order valence-corrected chi connectivity index (χ0v) is 16.4. The first-order valence-corrected chi connectivity index (χ1v) is 9.50. The summed E-state index contributed by atoms with van der Waals surface area (Å²) < 4.78 is 5.11. The van der Waals surface area contributed by atoms with Crippen LogP contribution in [0.1, 0.15) is 23.2 Å². The summed E-state index contributed by atoms with van der Waals surface area (Å²) in [5.74, 6) is -0.585. The second kappa shape index (κ2) is 7.87. The number of anilines is 1. The molecule has 1 aromatic carbocycles. The molecular formula is C22H22N4O3. The van der Waals surface area contributed by atoms with E-state index < -0.39 is 5.92 Å². The SMILES string of the molecule is Cc1ccc(N2C[C@@H](C(=O)NCc3nccnc3-c3ccoc3)CC2=O)cc1C. The van der Waals surface area contributed by atoms with Crippen LogP contribution < -0.4 is 10.2 Å². The van der Waals surface area contributed by atoms with Crippen molar-refractivity contribution in [1.29, 1.82) is 0 Å². The average molecular weight is 390 g/mol. The summed E-state index contributed by atoms with van der Waals surface area (Å²) in [4.78, 5) is 35.5. The standard InChI is InChI=1S/C22H22N4O3/c1-14-3-4-18(9-15(14)2)26-12-17(10-20(26)27)22(28)25-11-19-21(24-7-6-23-19)16-5-8-29-13-16/h3-9,13,17H,10-12H2,1-2H3,(H,25,28)/t17-/m0/s1. The molecule has 0 unspecified atom stereocenters. The highest BCUT2D eigenvalue weighted by Gasteiger charge is 2.35. The largest absolute Gasteiger partial charge is 0.472 e. The van der Waals surface area contributed by atoms with Gasteiger partial charge in [0.15, 0.2) is 0 Å². The van der Waals surface area contributed by atoms with E-state index in [9.17, 15) is 9.59 Å². The number of nitrogens with one attached hydrogen (secondary N) is 1. The Morgan fingerprint density at radius 2 is 2.03 bits per heavy atom. The van der Waals surface area contributed by atoms with Gasteiger partial charge in [0.25, 0.3) is 0 Å². The maximum atomic E-state index is 12.7. The van der Waals surface area contributed by atoms with Crippen LogP contribution in [-0.2, 0) is 16.1 Å². The van der Waals surface area contributed by atoms with Crippen molar-refractivity contribution in [3.63, 3.8) is 0 Å². The monoisotopic (exact) mass is 390 g/mol. The van der Waals surface area contributed by atoms with Crippen LogP contribution in [0.5, 0.6) is 0 Å². The molecule has 2 aromatic heterocycles. The molecule has 0 saturated carbocycles. The summed E-state index contributed by atoms with van der Waals surface area (Å²) in [5, 5.41) is 2.91. The second-order valence-electron chi connectivity index (χ2n) is 7.26. The van der Waals surface area contributed by atoms with Crippen molar-refractivity contribution in [2.45, 2.75) is 26.8 Å². The Balaban J connectivity index is 1.43. The van der Waals surface area contributed by atoms with Gasteiger partial charge in [0.2, 0.25) is 11.8 Å². The van der Waals surface area contributed by atoms with Crippen LogP contribution in [0.4, 0.5) is 5.69 Å². The Morgan fingerprint density at radius 3 is 2.79 bits per heavy atom. The highest BCUT2D eigenvalue weighted by atomic mass is 16.3. The number of furan rings is 1. The lowest BCUT2D eigenvalue weighted by Crippen LogP contribution is -2.33. The fraction of sp³-hybridized carbons (Fsp3) is 0.273. The number of carbonyl (C=O) groups is 2. The minimum atomic E-state index is -0.391. The third-order valence-electron chi connectivity index (χ3n) is 5.30. The van der Waals surface area contributed by atoms with Gasteiger partial charge in [0.05, 0.1) is 36.4 Å². The van der Waals surface area contributed by atoms with Crippen molar-refractivity contribution in [3.05, 3.63) is 66.0 Å². The van der Waals surface area contributed by atoms with Gasteiger partial charge in [-0.05, 0) is 43.2 Å². The summed E-state index contributed by atoms with van der Waals surface area (Å²) in [6, 6.07) is 7.71. The average Bonchev–Trinajstić information content (AvgIpc) is 3.38. The lowest BCUT2D eigenvalue weighted by Gasteiger charge is -2.18.